The first kappa shape index (κ1) is 31.8. The van der Waals surface area contributed by atoms with Gasteiger partial charge in [0.25, 0.3) is 0 Å². The number of para-hydroxylation sites is 5. The van der Waals surface area contributed by atoms with E-state index in [1.165, 1.54) is 110 Å². The fourth-order valence-electron chi connectivity index (χ4n) is 10.8. The first-order valence-electron chi connectivity index (χ1n) is 20.3. The molecule has 3 heterocycles. The largest absolute Gasteiger partial charge is 0.309 e. The van der Waals surface area contributed by atoms with E-state index in [-0.39, 0.29) is 5.41 Å². The third kappa shape index (κ3) is 4.02. The molecule has 3 aromatic heterocycles. The first-order valence-corrected chi connectivity index (χ1v) is 20.3. The molecule has 58 heavy (non-hydrogen) atoms. The SMILES string of the molecule is CC1(C)c2cc(-n3c4ccccc4c4ccccc43)ccc2-c2ccc3c4c5ccccc5c(-n5c6ccccc6c6ccccc65)cc4n(-c4ccccc4)c3c21. The predicted octanol–water partition coefficient (Wildman–Crippen LogP) is 14.4. The molecule has 0 unspecified atom stereocenters. The van der Waals surface area contributed by atoms with Gasteiger partial charge in [0, 0.05) is 54.5 Å². The van der Waals surface area contributed by atoms with Crippen LogP contribution in [0, 0.1) is 0 Å². The molecule has 0 spiro atoms. The van der Waals surface area contributed by atoms with Crippen LogP contribution in [-0.4, -0.2) is 13.7 Å². The first-order chi connectivity index (χ1) is 28.6. The van der Waals surface area contributed by atoms with Gasteiger partial charge < -0.3 is 13.7 Å². The van der Waals surface area contributed by atoms with Crippen LogP contribution >= 0.6 is 0 Å². The third-order valence-electron chi connectivity index (χ3n) is 13.2. The van der Waals surface area contributed by atoms with Crippen molar-refractivity contribution >= 4 is 76.2 Å². The van der Waals surface area contributed by atoms with Crippen LogP contribution in [0.2, 0.25) is 0 Å². The Kier molecular flexibility index (Phi) is 6.23. The zero-order chi connectivity index (χ0) is 38.3. The quantitative estimate of drug-likeness (QED) is 0.171. The van der Waals surface area contributed by atoms with Gasteiger partial charge in [-0.15, -0.1) is 0 Å². The minimum Gasteiger partial charge on any atom is -0.309 e. The summed E-state index contributed by atoms with van der Waals surface area (Å²) in [6.45, 7) is 4.86. The zero-order valence-electron chi connectivity index (χ0n) is 32.2. The van der Waals surface area contributed by atoms with Gasteiger partial charge in [-0.3, -0.25) is 0 Å². The van der Waals surface area contributed by atoms with Gasteiger partial charge in [-0.1, -0.05) is 147 Å². The van der Waals surface area contributed by atoms with Crippen molar-refractivity contribution in [3.63, 3.8) is 0 Å². The molecule has 0 aliphatic heterocycles. The number of hydrogen-bond donors (Lipinski definition) is 0. The molecule has 13 rings (SSSR count). The molecule has 0 saturated carbocycles. The summed E-state index contributed by atoms with van der Waals surface area (Å²) in [7, 11) is 0. The van der Waals surface area contributed by atoms with Crippen molar-refractivity contribution in [2.24, 2.45) is 0 Å². The summed E-state index contributed by atoms with van der Waals surface area (Å²) in [4.78, 5) is 0. The molecule has 0 bridgehead atoms. The van der Waals surface area contributed by atoms with Crippen molar-refractivity contribution in [2.75, 3.05) is 0 Å². The van der Waals surface area contributed by atoms with Crippen LogP contribution in [0.15, 0.2) is 188 Å². The van der Waals surface area contributed by atoms with Crippen LogP contribution in [0.4, 0.5) is 0 Å². The molecule has 0 saturated heterocycles. The van der Waals surface area contributed by atoms with Crippen molar-refractivity contribution in [3.8, 4) is 28.2 Å². The molecule has 1 aliphatic carbocycles. The lowest BCUT2D eigenvalue weighted by Gasteiger charge is -2.24. The van der Waals surface area contributed by atoms with Gasteiger partial charge in [-0.25, -0.2) is 0 Å². The van der Waals surface area contributed by atoms with Gasteiger partial charge in [-0.05, 0) is 82.2 Å². The lowest BCUT2D eigenvalue weighted by molar-refractivity contribution is 0.663. The monoisotopic (exact) mass is 739 g/mol. The molecule has 0 atom stereocenters. The van der Waals surface area contributed by atoms with E-state index >= 15 is 0 Å². The minimum atomic E-state index is -0.286. The van der Waals surface area contributed by atoms with Crippen molar-refractivity contribution < 1.29 is 0 Å². The van der Waals surface area contributed by atoms with Crippen molar-refractivity contribution in [3.05, 3.63) is 199 Å². The topological polar surface area (TPSA) is 14.8 Å². The second kappa shape index (κ2) is 11.4. The van der Waals surface area contributed by atoms with Gasteiger partial charge in [0.05, 0.1) is 38.8 Å². The van der Waals surface area contributed by atoms with E-state index in [9.17, 15) is 0 Å². The van der Waals surface area contributed by atoms with E-state index in [1.807, 2.05) is 0 Å². The van der Waals surface area contributed by atoms with Crippen molar-refractivity contribution in [2.45, 2.75) is 19.3 Å². The molecular weight excluding hydrogens is 703 g/mol. The molecular formula is C55H37N3. The van der Waals surface area contributed by atoms with Crippen LogP contribution in [-0.2, 0) is 5.41 Å². The van der Waals surface area contributed by atoms with Crippen LogP contribution in [0.5, 0.6) is 0 Å². The highest BCUT2D eigenvalue weighted by molar-refractivity contribution is 6.25. The van der Waals surface area contributed by atoms with Crippen LogP contribution < -0.4 is 0 Å². The Morgan fingerprint density at radius 1 is 0.345 bits per heavy atom. The summed E-state index contributed by atoms with van der Waals surface area (Å²) < 4.78 is 7.50. The molecule has 0 amide bonds. The third-order valence-corrected chi connectivity index (χ3v) is 13.2. The highest BCUT2D eigenvalue weighted by atomic mass is 15.0. The summed E-state index contributed by atoms with van der Waals surface area (Å²) in [5, 5.41) is 10.2. The normalized spacial score (nSPS) is 13.5. The number of rotatable bonds is 3. The highest BCUT2D eigenvalue weighted by Crippen LogP contribution is 2.54. The van der Waals surface area contributed by atoms with E-state index in [1.54, 1.807) is 0 Å². The highest BCUT2D eigenvalue weighted by Gasteiger charge is 2.39. The predicted molar refractivity (Wildman–Crippen MR) is 245 cm³/mol. The number of nitrogens with zero attached hydrogens (tertiary/aromatic N) is 3. The van der Waals surface area contributed by atoms with Crippen molar-refractivity contribution in [1.29, 1.82) is 0 Å². The van der Waals surface area contributed by atoms with Gasteiger partial charge in [0.15, 0.2) is 0 Å². The van der Waals surface area contributed by atoms with E-state index < -0.39 is 0 Å². The second-order valence-corrected chi connectivity index (χ2v) is 16.5. The van der Waals surface area contributed by atoms with Crippen LogP contribution in [0.3, 0.4) is 0 Å². The maximum absolute atomic E-state index is 2.56. The molecule has 1 aliphatic rings. The van der Waals surface area contributed by atoms with Crippen LogP contribution in [0.25, 0.3) is 104 Å². The van der Waals surface area contributed by atoms with Gasteiger partial charge in [-0.2, -0.15) is 0 Å². The molecule has 9 aromatic carbocycles. The maximum atomic E-state index is 2.56. The van der Waals surface area contributed by atoms with E-state index in [4.69, 9.17) is 0 Å². The molecule has 0 fully saturated rings. The zero-order valence-corrected chi connectivity index (χ0v) is 32.2. The standard InChI is InChI=1S/C55H37N3/c1-55(2)45-32-35(56-46-24-12-8-18-37(46)38-19-9-13-25-47(38)56)28-29-36(45)43-30-31-44-52-42-23-7-6-22-41(42)50(33-51(52)57(54(44)53(43)55)34-16-4-3-5-17-34)58-48-26-14-10-20-39(48)40-21-11-15-27-49(40)58/h3-33H,1-2H3. The summed E-state index contributed by atoms with van der Waals surface area (Å²) in [6, 6.07) is 69.7. The average molecular weight is 740 g/mol. The Morgan fingerprint density at radius 2 is 0.845 bits per heavy atom. The Balaban J connectivity index is 1.13. The van der Waals surface area contributed by atoms with Gasteiger partial charge in [0.2, 0.25) is 0 Å². The smallest absolute Gasteiger partial charge is 0.0588 e. The van der Waals surface area contributed by atoms with E-state index in [0.29, 0.717) is 0 Å². The molecule has 272 valence electrons. The molecule has 3 heteroatoms. The number of hydrogen-bond acceptors (Lipinski definition) is 0. The lowest BCUT2D eigenvalue weighted by Crippen LogP contribution is -2.17. The number of aromatic nitrogens is 3. The van der Waals surface area contributed by atoms with E-state index in [2.05, 4.69) is 216 Å². The summed E-state index contributed by atoms with van der Waals surface area (Å²) in [6.07, 6.45) is 0. The minimum absolute atomic E-state index is 0.286. The van der Waals surface area contributed by atoms with Gasteiger partial charge >= 0.3 is 0 Å². The fraction of sp³-hybridized carbons (Fsp3) is 0.0545. The van der Waals surface area contributed by atoms with Crippen molar-refractivity contribution in [1.82, 2.24) is 13.7 Å². The maximum Gasteiger partial charge on any atom is 0.0588 e. The number of fused-ring (bicyclic) bond motifs is 15. The van der Waals surface area contributed by atoms with Gasteiger partial charge in [0.1, 0.15) is 0 Å². The number of benzene rings is 9. The summed E-state index contributed by atoms with van der Waals surface area (Å²) in [5.74, 6) is 0. The molecule has 0 N–H and O–H groups in total. The average Bonchev–Trinajstić information content (AvgIpc) is 3.97. The Bertz CT molecular complexity index is 3600. The molecule has 0 radical (unpaired) electrons. The lowest BCUT2D eigenvalue weighted by atomic mass is 9.81. The van der Waals surface area contributed by atoms with E-state index in [0.717, 1.165) is 5.69 Å². The Hall–Kier alpha value is -7.36. The summed E-state index contributed by atoms with van der Waals surface area (Å²) in [5.41, 5.74) is 16.0. The fourth-order valence-corrected chi connectivity index (χ4v) is 10.8. The van der Waals surface area contributed by atoms with Crippen LogP contribution in [0.1, 0.15) is 25.0 Å². The molecule has 3 nitrogen and oxygen atoms in total. The summed E-state index contributed by atoms with van der Waals surface area (Å²) >= 11 is 0. The Labute approximate surface area is 335 Å². The Morgan fingerprint density at radius 3 is 1.45 bits per heavy atom. The molecule has 12 aromatic rings. The second-order valence-electron chi connectivity index (χ2n) is 16.5.